The van der Waals surface area contributed by atoms with Crippen LogP contribution >= 0.6 is 0 Å². The summed E-state index contributed by atoms with van der Waals surface area (Å²) >= 11 is 0. The van der Waals surface area contributed by atoms with Gasteiger partial charge in [0, 0.05) is 61.8 Å². The van der Waals surface area contributed by atoms with Gasteiger partial charge in [-0.25, -0.2) is 4.39 Å². The number of benzene rings is 1. The van der Waals surface area contributed by atoms with Crippen LogP contribution in [-0.4, -0.2) is 54.4 Å². The Morgan fingerprint density at radius 1 is 1.27 bits per heavy atom. The predicted molar refractivity (Wildman–Crippen MR) is 116 cm³/mol. The van der Waals surface area contributed by atoms with E-state index in [1.807, 2.05) is 13.8 Å². The zero-order chi connectivity index (χ0) is 21.3. The van der Waals surface area contributed by atoms with Gasteiger partial charge in [0.05, 0.1) is 11.3 Å². The van der Waals surface area contributed by atoms with Crippen LogP contribution in [0.3, 0.4) is 0 Å². The number of carbonyl (C=O) groups excluding carboxylic acids is 2. The first kappa shape index (κ1) is 20.3. The van der Waals surface area contributed by atoms with Crippen LogP contribution in [0.15, 0.2) is 18.2 Å². The Hall–Kier alpha value is -2.97. The summed E-state index contributed by atoms with van der Waals surface area (Å²) in [5.74, 6) is -0.708. The molecule has 1 saturated heterocycles. The first-order valence-electron chi connectivity index (χ1n) is 10.2. The molecule has 1 aromatic carbocycles. The van der Waals surface area contributed by atoms with Gasteiger partial charge in [0.2, 0.25) is 5.91 Å². The van der Waals surface area contributed by atoms with Gasteiger partial charge in [-0.3, -0.25) is 9.59 Å². The van der Waals surface area contributed by atoms with Gasteiger partial charge in [-0.1, -0.05) is 0 Å². The van der Waals surface area contributed by atoms with E-state index in [1.54, 1.807) is 12.1 Å². The Bertz CT molecular complexity index is 1020. The van der Waals surface area contributed by atoms with E-state index in [2.05, 4.69) is 25.8 Å². The number of aromatic nitrogens is 1. The number of hydrogen-bond donors (Lipinski definition) is 4. The molecular formula is C22H26FN5O2. The van der Waals surface area contributed by atoms with Crippen LogP contribution in [0, 0.1) is 19.7 Å². The minimum atomic E-state index is -0.395. The molecular weight excluding hydrogens is 385 g/mol. The number of aryl methyl sites for hydroxylation is 1. The van der Waals surface area contributed by atoms with E-state index in [1.165, 1.54) is 12.1 Å². The zero-order valence-corrected chi connectivity index (χ0v) is 17.2. The fraction of sp³-hybridized carbons (Fsp3) is 0.364. The third-order valence-electron chi connectivity index (χ3n) is 5.66. The number of fused-ring (bicyclic) bond motifs is 1. The maximum atomic E-state index is 13.7. The molecule has 30 heavy (non-hydrogen) atoms. The molecule has 7 nitrogen and oxygen atoms in total. The lowest BCUT2D eigenvalue weighted by Crippen LogP contribution is -2.44. The summed E-state index contributed by atoms with van der Waals surface area (Å²) in [6.07, 6.45) is 2.13. The number of aromatic amines is 1. The topological polar surface area (TPSA) is 89.3 Å². The molecule has 1 fully saturated rings. The highest BCUT2D eigenvalue weighted by atomic mass is 19.1. The van der Waals surface area contributed by atoms with Crippen molar-refractivity contribution in [1.82, 2.24) is 15.2 Å². The largest absolute Gasteiger partial charge is 0.357 e. The number of halogens is 1. The van der Waals surface area contributed by atoms with Crippen LogP contribution in [0.1, 0.15) is 28.9 Å². The number of H-pyrrole nitrogens is 1. The molecule has 0 saturated carbocycles. The van der Waals surface area contributed by atoms with E-state index in [0.29, 0.717) is 28.9 Å². The lowest BCUT2D eigenvalue weighted by molar-refractivity contribution is -0.116. The van der Waals surface area contributed by atoms with Crippen molar-refractivity contribution >= 4 is 34.8 Å². The van der Waals surface area contributed by atoms with Crippen LogP contribution in [0.4, 0.5) is 15.8 Å². The molecule has 0 radical (unpaired) electrons. The summed E-state index contributed by atoms with van der Waals surface area (Å²) in [6, 6.07) is 4.23. The second kappa shape index (κ2) is 8.41. The summed E-state index contributed by atoms with van der Waals surface area (Å²) in [7, 11) is 0. The van der Waals surface area contributed by atoms with Crippen molar-refractivity contribution in [1.29, 1.82) is 0 Å². The van der Waals surface area contributed by atoms with Gasteiger partial charge in [-0.2, -0.15) is 0 Å². The molecule has 0 spiro atoms. The maximum Gasteiger partial charge on any atom is 0.256 e. The Balaban J connectivity index is 1.50. The highest BCUT2D eigenvalue weighted by Crippen LogP contribution is 2.35. The summed E-state index contributed by atoms with van der Waals surface area (Å²) in [6.45, 7) is 8.32. The predicted octanol–water partition coefficient (Wildman–Crippen LogP) is 2.50. The molecule has 8 heteroatoms. The number of amides is 2. The van der Waals surface area contributed by atoms with Gasteiger partial charge in [-0.15, -0.1) is 0 Å². The molecule has 0 unspecified atom stereocenters. The average Bonchev–Trinajstić information content (AvgIpc) is 3.18. The molecule has 2 aliphatic heterocycles. The summed E-state index contributed by atoms with van der Waals surface area (Å²) in [5.41, 5.74) is 4.62. The van der Waals surface area contributed by atoms with Crippen LogP contribution in [-0.2, 0) is 9.59 Å². The van der Waals surface area contributed by atoms with Crippen molar-refractivity contribution in [3.05, 3.63) is 46.5 Å². The maximum absolute atomic E-state index is 13.7. The molecule has 2 amide bonds. The van der Waals surface area contributed by atoms with E-state index in [9.17, 15) is 14.0 Å². The second-order valence-corrected chi connectivity index (χ2v) is 7.76. The van der Waals surface area contributed by atoms with Gasteiger partial charge in [-0.05, 0) is 43.7 Å². The first-order chi connectivity index (χ1) is 14.4. The van der Waals surface area contributed by atoms with E-state index >= 15 is 0 Å². The Morgan fingerprint density at radius 2 is 2.03 bits per heavy atom. The normalized spacial score (nSPS) is 17.8. The molecule has 2 aliphatic rings. The van der Waals surface area contributed by atoms with Gasteiger partial charge in [0.25, 0.3) is 5.91 Å². The molecule has 4 rings (SSSR count). The molecule has 0 atom stereocenters. The molecule has 0 aliphatic carbocycles. The van der Waals surface area contributed by atoms with Gasteiger partial charge >= 0.3 is 0 Å². The summed E-state index contributed by atoms with van der Waals surface area (Å²) in [4.78, 5) is 30.4. The number of piperazine rings is 1. The van der Waals surface area contributed by atoms with Crippen molar-refractivity contribution in [3.8, 4) is 0 Å². The Labute approximate surface area is 174 Å². The Kier molecular flexibility index (Phi) is 5.69. The lowest BCUT2D eigenvalue weighted by atomic mass is 10.0. The highest BCUT2D eigenvalue weighted by Gasteiger charge is 2.25. The molecule has 3 heterocycles. The van der Waals surface area contributed by atoms with Crippen molar-refractivity contribution in [2.75, 3.05) is 43.4 Å². The summed E-state index contributed by atoms with van der Waals surface area (Å²) in [5, 5.41) is 9.05. The standard InChI is InChI=1S/C22H26FN5O2/c1-13-19(12-17-16-11-15(23)3-4-18(16)26-22(17)30)25-14(2)21(13)27-20(29)5-8-28-9-6-24-7-10-28/h3-4,11-12,24-25H,5-10H2,1-2H3,(H,26,30)(H,27,29)/b17-12-. The molecule has 2 aromatic rings. The van der Waals surface area contributed by atoms with E-state index in [0.717, 1.165) is 49.7 Å². The van der Waals surface area contributed by atoms with Crippen LogP contribution in [0.5, 0.6) is 0 Å². The van der Waals surface area contributed by atoms with Crippen molar-refractivity contribution in [3.63, 3.8) is 0 Å². The first-order valence-corrected chi connectivity index (χ1v) is 10.2. The van der Waals surface area contributed by atoms with Gasteiger partial charge < -0.3 is 25.8 Å². The average molecular weight is 411 g/mol. The quantitative estimate of drug-likeness (QED) is 0.569. The van der Waals surface area contributed by atoms with Crippen LogP contribution < -0.4 is 16.0 Å². The minimum absolute atomic E-state index is 0.0380. The number of hydrogen-bond acceptors (Lipinski definition) is 4. The number of anilines is 2. The van der Waals surface area contributed by atoms with E-state index < -0.39 is 5.82 Å². The third kappa shape index (κ3) is 4.15. The molecule has 1 aromatic heterocycles. The second-order valence-electron chi connectivity index (χ2n) is 7.76. The van der Waals surface area contributed by atoms with Crippen LogP contribution in [0.2, 0.25) is 0 Å². The minimum Gasteiger partial charge on any atom is -0.357 e. The highest BCUT2D eigenvalue weighted by molar-refractivity contribution is 6.34. The molecule has 0 bridgehead atoms. The van der Waals surface area contributed by atoms with Crippen molar-refractivity contribution in [2.24, 2.45) is 0 Å². The number of rotatable bonds is 5. The van der Waals surface area contributed by atoms with Crippen molar-refractivity contribution in [2.45, 2.75) is 20.3 Å². The van der Waals surface area contributed by atoms with E-state index in [-0.39, 0.29) is 11.8 Å². The smallest absolute Gasteiger partial charge is 0.256 e. The van der Waals surface area contributed by atoms with E-state index in [4.69, 9.17) is 0 Å². The molecule has 4 N–H and O–H groups in total. The number of nitrogens with one attached hydrogen (secondary N) is 4. The SMILES string of the molecule is Cc1[nH]c(/C=C2\C(=O)Nc3ccc(F)cc32)c(C)c1NC(=O)CCN1CCNCC1. The Morgan fingerprint density at radius 3 is 2.80 bits per heavy atom. The van der Waals surface area contributed by atoms with Gasteiger partial charge in [0.1, 0.15) is 5.82 Å². The fourth-order valence-electron chi connectivity index (χ4n) is 3.95. The zero-order valence-electron chi connectivity index (χ0n) is 17.2. The molecule has 158 valence electrons. The van der Waals surface area contributed by atoms with Gasteiger partial charge in [0.15, 0.2) is 0 Å². The summed E-state index contributed by atoms with van der Waals surface area (Å²) < 4.78 is 13.7. The number of carbonyl (C=O) groups is 2. The monoisotopic (exact) mass is 411 g/mol. The van der Waals surface area contributed by atoms with Crippen molar-refractivity contribution < 1.29 is 14.0 Å². The fourth-order valence-corrected chi connectivity index (χ4v) is 3.95. The third-order valence-corrected chi connectivity index (χ3v) is 5.66. The lowest BCUT2D eigenvalue weighted by Gasteiger charge is -2.26. The number of nitrogens with zero attached hydrogens (tertiary/aromatic N) is 1. The van der Waals surface area contributed by atoms with Crippen LogP contribution in [0.25, 0.3) is 11.6 Å².